The minimum Gasteiger partial charge on any atom is -0.230 e. The Balaban J connectivity index is 1.82. The maximum Gasteiger partial charge on any atom is 0.151 e. The Kier molecular flexibility index (Phi) is 5.25. The lowest BCUT2D eigenvalue weighted by Crippen LogP contribution is -2.38. The minimum atomic E-state index is 0.0918. The number of nitriles is 1. The van der Waals surface area contributed by atoms with Crippen molar-refractivity contribution in [2.24, 2.45) is 11.8 Å². The van der Waals surface area contributed by atoms with E-state index in [9.17, 15) is 0 Å². The highest BCUT2D eigenvalue weighted by Crippen LogP contribution is 2.49. The predicted molar refractivity (Wildman–Crippen MR) is 103 cm³/mol. The summed E-state index contributed by atoms with van der Waals surface area (Å²) in [6.45, 7) is 6.91. The molecule has 0 aliphatic heterocycles. The molecule has 3 rings (SSSR count). The molecule has 0 bridgehead atoms. The maximum absolute atomic E-state index is 9.13. The third-order valence-corrected chi connectivity index (χ3v) is 8.23. The number of aromatic nitrogens is 1. The number of para-hydroxylation sites is 1. The molecule has 122 valence electrons. The Morgan fingerprint density at radius 1 is 1.39 bits per heavy atom. The van der Waals surface area contributed by atoms with Crippen LogP contribution in [0.4, 0.5) is 0 Å². The van der Waals surface area contributed by atoms with Gasteiger partial charge in [0, 0.05) is 10.00 Å². The van der Waals surface area contributed by atoms with Crippen molar-refractivity contribution in [1.29, 1.82) is 5.26 Å². The van der Waals surface area contributed by atoms with Crippen LogP contribution in [0.3, 0.4) is 0 Å². The Bertz CT molecular complexity index is 685. The van der Waals surface area contributed by atoms with Crippen LogP contribution in [0.2, 0.25) is 0 Å². The van der Waals surface area contributed by atoms with Crippen molar-refractivity contribution in [1.82, 2.24) is 4.98 Å². The van der Waals surface area contributed by atoms with Gasteiger partial charge in [-0.15, -0.1) is 11.3 Å². The van der Waals surface area contributed by atoms with Crippen LogP contribution in [-0.2, 0) is 0 Å². The fraction of sp³-hybridized carbons (Fsp3) is 0.556. The fourth-order valence-electron chi connectivity index (χ4n) is 3.46. The van der Waals surface area contributed by atoms with E-state index in [1.54, 1.807) is 11.3 Å². The second-order valence-corrected chi connectivity index (χ2v) is 10.8. The van der Waals surface area contributed by atoms with Gasteiger partial charge >= 0.3 is 0 Å². The van der Waals surface area contributed by atoms with Gasteiger partial charge in [-0.1, -0.05) is 37.7 Å². The third-order valence-electron chi connectivity index (χ3n) is 4.79. The molecule has 5 heteroatoms. The van der Waals surface area contributed by atoms with Gasteiger partial charge in [0.15, 0.2) is 4.34 Å². The van der Waals surface area contributed by atoms with Gasteiger partial charge in [-0.05, 0) is 61.9 Å². The Morgan fingerprint density at radius 3 is 2.87 bits per heavy atom. The van der Waals surface area contributed by atoms with Crippen LogP contribution in [-0.4, -0.2) is 15.0 Å². The van der Waals surface area contributed by atoms with Crippen molar-refractivity contribution < 1.29 is 0 Å². The minimum absolute atomic E-state index is 0.0918. The molecular weight excluding hydrogens is 340 g/mol. The lowest BCUT2D eigenvalue weighted by atomic mass is 9.76. The molecule has 23 heavy (non-hydrogen) atoms. The molecule has 0 spiro atoms. The SMILES string of the molecule is CC(C)C1CCC(C)(SC#N)CC1Sc1nc2ccccc2s1. The number of fused-ring (bicyclic) bond motifs is 1. The van der Waals surface area contributed by atoms with E-state index in [-0.39, 0.29) is 4.75 Å². The molecule has 1 aliphatic rings. The average Bonchev–Trinajstić information content (AvgIpc) is 2.89. The first-order chi connectivity index (χ1) is 11.0. The largest absolute Gasteiger partial charge is 0.230 e. The van der Waals surface area contributed by atoms with Crippen molar-refractivity contribution >= 4 is 45.1 Å². The van der Waals surface area contributed by atoms with E-state index in [1.807, 2.05) is 11.8 Å². The van der Waals surface area contributed by atoms with Crippen LogP contribution in [0.15, 0.2) is 28.6 Å². The molecule has 1 fully saturated rings. The molecule has 3 unspecified atom stereocenters. The number of nitrogens with zero attached hydrogens (tertiary/aromatic N) is 2. The summed E-state index contributed by atoms with van der Waals surface area (Å²) in [6.07, 6.45) is 3.45. The Labute approximate surface area is 151 Å². The second kappa shape index (κ2) is 7.04. The average molecular weight is 363 g/mol. The molecule has 1 aromatic carbocycles. The van der Waals surface area contributed by atoms with Crippen molar-refractivity contribution in [2.45, 2.75) is 54.4 Å². The molecule has 1 aliphatic carbocycles. The summed E-state index contributed by atoms with van der Waals surface area (Å²) in [5.74, 6) is 1.39. The van der Waals surface area contributed by atoms with E-state index in [1.165, 1.54) is 27.2 Å². The van der Waals surface area contributed by atoms with Gasteiger partial charge in [-0.3, -0.25) is 0 Å². The Morgan fingerprint density at radius 2 is 2.17 bits per heavy atom. The smallest absolute Gasteiger partial charge is 0.151 e. The van der Waals surface area contributed by atoms with E-state index < -0.39 is 0 Å². The van der Waals surface area contributed by atoms with Crippen molar-refractivity contribution in [3.63, 3.8) is 0 Å². The zero-order valence-corrected chi connectivity index (χ0v) is 16.2. The lowest BCUT2D eigenvalue weighted by molar-refractivity contribution is 0.261. The molecule has 1 heterocycles. The quantitative estimate of drug-likeness (QED) is 0.608. The zero-order valence-electron chi connectivity index (χ0n) is 13.8. The van der Waals surface area contributed by atoms with Crippen LogP contribution in [0.1, 0.15) is 40.0 Å². The molecule has 0 N–H and O–H groups in total. The summed E-state index contributed by atoms with van der Waals surface area (Å²) in [5.41, 5.74) is 1.10. The molecule has 0 radical (unpaired) electrons. The summed E-state index contributed by atoms with van der Waals surface area (Å²) in [4.78, 5) is 4.80. The predicted octanol–water partition coefficient (Wildman–Crippen LogP) is 6.19. The summed E-state index contributed by atoms with van der Waals surface area (Å²) in [7, 11) is 0. The summed E-state index contributed by atoms with van der Waals surface area (Å²) < 4.78 is 2.53. The fourth-order valence-corrected chi connectivity index (χ4v) is 7.29. The molecule has 1 saturated carbocycles. The first-order valence-corrected chi connectivity index (χ1v) is 10.6. The zero-order chi connectivity index (χ0) is 16.4. The van der Waals surface area contributed by atoms with E-state index in [4.69, 9.17) is 10.2 Å². The molecule has 2 nitrogen and oxygen atoms in total. The number of benzene rings is 1. The maximum atomic E-state index is 9.13. The summed E-state index contributed by atoms with van der Waals surface area (Å²) in [6, 6.07) is 8.36. The highest BCUT2D eigenvalue weighted by Gasteiger charge is 2.40. The monoisotopic (exact) mass is 362 g/mol. The summed E-state index contributed by atoms with van der Waals surface area (Å²) >= 11 is 5.20. The van der Waals surface area contributed by atoms with Crippen LogP contribution in [0, 0.1) is 22.5 Å². The van der Waals surface area contributed by atoms with Gasteiger partial charge in [0.2, 0.25) is 0 Å². The topological polar surface area (TPSA) is 36.7 Å². The Hall–Kier alpha value is -0.700. The number of thiocyanates is 1. The van der Waals surface area contributed by atoms with Gasteiger partial charge in [-0.2, -0.15) is 5.26 Å². The first kappa shape index (κ1) is 17.1. The van der Waals surface area contributed by atoms with E-state index in [0.29, 0.717) is 17.1 Å². The number of rotatable bonds is 4. The van der Waals surface area contributed by atoms with Crippen molar-refractivity contribution in [2.75, 3.05) is 0 Å². The van der Waals surface area contributed by atoms with Gasteiger partial charge in [0.05, 0.1) is 10.2 Å². The molecule has 0 amide bonds. The molecular formula is C18H22N2S3. The van der Waals surface area contributed by atoms with Crippen LogP contribution < -0.4 is 0 Å². The lowest BCUT2D eigenvalue weighted by Gasteiger charge is -2.42. The number of hydrogen-bond donors (Lipinski definition) is 0. The standard InChI is InChI=1S/C18H22N2S3/c1-12(2)13-8-9-18(3,21-11-19)10-16(13)23-17-20-14-6-4-5-7-15(14)22-17/h4-7,12-13,16H,8-10H2,1-3H3. The van der Waals surface area contributed by atoms with Crippen molar-refractivity contribution in [3.8, 4) is 5.40 Å². The second-order valence-electron chi connectivity index (χ2n) is 6.90. The first-order valence-electron chi connectivity index (χ1n) is 8.10. The van der Waals surface area contributed by atoms with Crippen LogP contribution in [0.5, 0.6) is 0 Å². The highest BCUT2D eigenvalue weighted by molar-refractivity contribution is 8.05. The van der Waals surface area contributed by atoms with E-state index in [2.05, 4.69) is 50.4 Å². The van der Waals surface area contributed by atoms with Crippen LogP contribution in [0.25, 0.3) is 10.2 Å². The van der Waals surface area contributed by atoms with E-state index >= 15 is 0 Å². The van der Waals surface area contributed by atoms with Crippen molar-refractivity contribution in [3.05, 3.63) is 24.3 Å². The molecule has 0 saturated heterocycles. The molecule has 3 atom stereocenters. The van der Waals surface area contributed by atoms with E-state index in [0.717, 1.165) is 18.4 Å². The highest BCUT2D eigenvalue weighted by atomic mass is 32.2. The van der Waals surface area contributed by atoms with Gasteiger partial charge in [0.1, 0.15) is 5.40 Å². The number of thioether (sulfide) groups is 2. The third kappa shape index (κ3) is 3.87. The normalized spacial score (nSPS) is 28.1. The molecule has 2 aromatic rings. The van der Waals surface area contributed by atoms with Gasteiger partial charge in [0.25, 0.3) is 0 Å². The number of thiazole rings is 1. The summed E-state index contributed by atoms with van der Waals surface area (Å²) in [5, 5.41) is 12.0. The van der Waals surface area contributed by atoms with Crippen LogP contribution >= 0.6 is 34.9 Å². The van der Waals surface area contributed by atoms with Gasteiger partial charge in [-0.25, -0.2) is 4.98 Å². The molecule has 1 aromatic heterocycles. The number of hydrogen-bond acceptors (Lipinski definition) is 5. The van der Waals surface area contributed by atoms with Gasteiger partial charge < -0.3 is 0 Å².